The monoisotopic (exact) mass is 490 g/mol. The van der Waals surface area contributed by atoms with E-state index in [0.717, 1.165) is 50.6 Å². The van der Waals surface area contributed by atoms with Crippen molar-refractivity contribution in [2.24, 2.45) is 10.7 Å². The standard InChI is InChI=1S/C19H30N4O3.HI/c1-24-15-5-6-17(25-2)16(13-15)22-18(20)21-14-19(7-11-26-12-8-19)23-9-3-4-10-23;/h5-6,13H,3-4,7-12,14H2,1-2H3,(H3,20,21,22);1H. The van der Waals surface area contributed by atoms with Crippen LogP contribution in [-0.4, -0.2) is 63.5 Å². The van der Waals surface area contributed by atoms with Crippen molar-refractivity contribution in [1.82, 2.24) is 4.90 Å². The van der Waals surface area contributed by atoms with Gasteiger partial charge in [0.05, 0.1) is 26.5 Å². The van der Waals surface area contributed by atoms with Crippen LogP contribution in [0.5, 0.6) is 11.5 Å². The first kappa shape index (κ1) is 22.0. The van der Waals surface area contributed by atoms with Crippen molar-refractivity contribution < 1.29 is 14.2 Å². The smallest absolute Gasteiger partial charge is 0.193 e. The van der Waals surface area contributed by atoms with E-state index in [9.17, 15) is 0 Å². The fourth-order valence-corrected chi connectivity index (χ4v) is 3.84. The number of nitrogens with zero attached hydrogens (tertiary/aromatic N) is 2. The van der Waals surface area contributed by atoms with Gasteiger partial charge in [-0.2, -0.15) is 0 Å². The second-order valence-corrected chi connectivity index (χ2v) is 6.92. The molecule has 2 heterocycles. The molecular weight excluding hydrogens is 459 g/mol. The van der Waals surface area contributed by atoms with Crippen LogP contribution in [0.2, 0.25) is 0 Å². The summed E-state index contributed by atoms with van der Waals surface area (Å²) in [6.07, 6.45) is 4.54. The number of rotatable bonds is 6. The molecule has 0 atom stereocenters. The van der Waals surface area contributed by atoms with Crippen LogP contribution >= 0.6 is 24.0 Å². The van der Waals surface area contributed by atoms with Crippen molar-refractivity contribution in [3.63, 3.8) is 0 Å². The van der Waals surface area contributed by atoms with E-state index in [1.54, 1.807) is 14.2 Å². The highest BCUT2D eigenvalue weighted by atomic mass is 127. The molecule has 2 aliphatic rings. The van der Waals surface area contributed by atoms with Gasteiger partial charge in [-0.15, -0.1) is 24.0 Å². The van der Waals surface area contributed by atoms with E-state index in [-0.39, 0.29) is 29.5 Å². The molecule has 7 nitrogen and oxygen atoms in total. The summed E-state index contributed by atoms with van der Waals surface area (Å²) in [4.78, 5) is 7.26. The van der Waals surface area contributed by atoms with Gasteiger partial charge < -0.3 is 25.3 Å². The van der Waals surface area contributed by atoms with Crippen LogP contribution in [0.1, 0.15) is 25.7 Å². The SMILES string of the molecule is COc1ccc(OC)c(NC(N)=NCC2(N3CCCC3)CCOCC2)c1.I. The van der Waals surface area contributed by atoms with Crippen molar-refractivity contribution in [1.29, 1.82) is 0 Å². The highest BCUT2D eigenvalue weighted by molar-refractivity contribution is 14.0. The molecule has 2 aliphatic heterocycles. The first-order valence-electron chi connectivity index (χ1n) is 9.29. The summed E-state index contributed by atoms with van der Waals surface area (Å²) in [5, 5.41) is 3.16. The lowest BCUT2D eigenvalue weighted by Gasteiger charge is -2.43. The molecule has 27 heavy (non-hydrogen) atoms. The lowest BCUT2D eigenvalue weighted by molar-refractivity contribution is -0.0138. The van der Waals surface area contributed by atoms with Gasteiger partial charge in [-0.1, -0.05) is 0 Å². The molecule has 3 rings (SSSR count). The third-order valence-electron chi connectivity index (χ3n) is 5.41. The van der Waals surface area contributed by atoms with Gasteiger partial charge in [0.1, 0.15) is 11.5 Å². The van der Waals surface area contributed by atoms with Crippen molar-refractivity contribution in [3.8, 4) is 11.5 Å². The Morgan fingerprint density at radius 3 is 2.56 bits per heavy atom. The van der Waals surface area contributed by atoms with Gasteiger partial charge in [-0.3, -0.25) is 9.89 Å². The highest BCUT2D eigenvalue weighted by Gasteiger charge is 2.39. The second kappa shape index (κ2) is 10.3. The Labute approximate surface area is 178 Å². The minimum absolute atomic E-state index is 0. The second-order valence-electron chi connectivity index (χ2n) is 6.92. The summed E-state index contributed by atoms with van der Waals surface area (Å²) in [5.74, 6) is 1.82. The van der Waals surface area contributed by atoms with Crippen LogP contribution in [-0.2, 0) is 4.74 Å². The Hall–Kier alpha value is -1.26. The van der Waals surface area contributed by atoms with Crippen LogP contribution < -0.4 is 20.5 Å². The summed E-state index contributed by atoms with van der Waals surface area (Å²) in [6, 6.07) is 5.55. The number of ether oxygens (including phenoxy) is 3. The maximum absolute atomic E-state index is 6.19. The molecule has 1 aromatic carbocycles. The fraction of sp³-hybridized carbons (Fsp3) is 0.632. The summed E-state index contributed by atoms with van der Waals surface area (Å²) in [7, 11) is 3.26. The number of hydrogen-bond acceptors (Lipinski definition) is 5. The van der Waals surface area contributed by atoms with Gasteiger partial charge in [0, 0.05) is 24.8 Å². The van der Waals surface area contributed by atoms with E-state index in [1.807, 2.05) is 18.2 Å². The summed E-state index contributed by atoms with van der Waals surface area (Å²) in [6.45, 7) is 4.56. The van der Waals surface area contributed by atoms with Crippen LogP contribution in [0.15, 0.2) is 23.2 Å². The molecule has 0 spiro atoms. The van der Waals surface area contributed by atoms with Crippen molar-refractivity contribution in [2.75, 3.05) is 52.4 Å². The third kappa shape index (κ3) is 5.39. The predicted molar refractivity (Wildman–Crippen MR) is 119 cm³/mol. The van der Waals surface area contributed by atoms with Crippen molar-refractivity contribution in [3.05, 3.63) is 18.2 Å². The number of halogens is 1. The van der Waals surface area contributed by atoms with E-state index in [4.69, 9.17) is 19.9 Å². The van der Waals surface area contributed by atoms with Gasteiger partial charge >= 0.3 is 0 Å². The molecule has 0 saturated carbocycles. The van der Waals surface area contributed by atoms with Crippen molar-refractivity contribution in [2.45, 2.75) is 31.2 Å². The maximum atomic E-state index is 6.19. The lowest BCUT2D eigenvalue weighted by Crippen LogP contribution is -2.53. The fourth-order valence-electron chi connectivity index (χ4n) is 3.84. The lowest BCUT2D eigenvalue weighted by atomic mass is 9.88. The maximum Gasteiger partial charge on any atom is 0.193 e. The average molecular weight is 490 g/mol. The molecule has 0 bridgehead atoms. The normalized spacial score (nSPS) is 20.0. The Balaban J connectivity index is 0.00000261. The van der Waals surface area contributed by atoms with Gasteiger partial charge in [0.25, 0.3) is 0 Å². The van der Waals surface area contributed by atoms with E-state index in [2.05, 4.69) is 15.2 Å². The summed E-state index contributed by atoms with van der Waals surface area (Å²) in [5.41, 5.74) is 7.00. The predicted octanol–water partition coefficient (Wildman–Crippen LogP) is 2.69. The molecule has 1 aromatic rings. The van der Waals surface area contributed by atoms with Gasteiger partial charge in [-0.25, -0.2) is 0 Å². The molecule has 0 unspecified atom stereocenters. The van der Waals surface area contributed by atoms with Gasteiger partial charge in [0.2, 0.25) is 0 Å². The zero-order valence-electron chi connectivity index (χ0n) is 16.2. The molecule has 0 radical (unpaired) electrons. The molecule has 8 heteroatoms. The summed E-state index contributed by atoms with van der Waals surface area (Å²) >= 11 is 0. The number of benzene rings is 1. The van der Waals surface area contributed by atoms with Crippen LogP contribution in [0.25, 0.3) is 0 Å². The molecular formula is C19H31IN4O3. The number of anilines is 1. The number of hydrogen-bond donors (Lipinski definition) is 2. The Morgan fingerprint density at radius 1 is 1.22 bits per heavy atom. The van der Waals surface area contributed by atoms with E-state index < -0.39 is 0 Å². The minimum Gasteiger partial charge on any atom is -0.497 e. The third-order valence-corrected chi connectivity index (χ3v) is 5.41. The van der Waals surface area contributed by atoms with E-state index in [1.165, 1.54) is 12.8 Å². The van der Waals surface area contributed by atoms with E-state index in [0.29, 0.717) is 18.3 Å². The quantitative estimate of drug-likeness (QED) is 0.363. The topological polar surface area (TPSA) is 81.3 Å². The number of likely N-dealkylation sites (tertiary alicyclic amines) is 1. The van der Waals surface area contributed by atoms with Crippen LogP contribution in [0.4, 0.5) is 5.69 Å². The first-order chi connectivity index (χ1) is 12.7. The zero-order valence-corrected chi connectivity index (χ0v) is 18.5. The zero-order chi connectivity index (χ0) is 18.4. The number of nitrogens with one attached hydrogen (secondary N) is 1. The minimum atomic E-state index is 0. The van der Waals surface area contributed by atoms with Crippen LogP contribution in [0.3, 0.4) is 0 Å². The average Bonchev–Trinajstić information content (AvgIpc) is 3.22. The molecule has 152 valence electrons. The van der Waals surface area contributed by atoms with E-state index >= 15 is 0 Å². The molecule has 0 aliphatic carbocycles. The number of aliphatic imine (C=N–C) groups is 1. The Kier molecular flexibility index (Phi) is 8.43. The molecule has 0 amide bonds. The molecule has 2 saturated heterocycles. The molecule has 2 fully saturated rings. The highest BCUT2D eigenvalue weighted by Crippen LogP contribution is 2.32. The van der Waals surface area contributed by atoms with Gasteiger partial charge in [-0.05, 0) is 50.9 Å². The largest absolute Gasteiger partial charge is 0.497 e. The summed E-state index contributed by atoms with van der Waals surface area (Å²) < 4.78 is 16.3. The van der Waals surface area contributed by atoms with Crippen LogP contribution in [0, 0.1) is 0 Å². The first-order valence-corrected chi connectivity index (χ1v) is 9.29. The number of guanidine groups is 1. The van der Waals surface area contributed by atoms with Crippen molar-refractivity contribution >= 4 is 35.6 Å². The Morgan fingerprint density at radius 2 is 1.93 bits per heavy atom. The number of nitrogens with two attached hydrogens (primary N) is 1. The Bertz CT molecular complexity index is 629. The number of methoxy groups -OCH3 is 2. The molecule has 0 aromatic heterocycles. The van der Waals surface area contributed by atoms with Gasteiger partial charge in [0.15, 0.2) is 5.96 Å². The molecule has 3 N–H and O–H groups in total.